The average molecular weight is 298 g/mol. The lowest BCUT2D eigenvalue weighted by atomic mass is 9.90. The molecule has 0 aromatic rings. The van der Waals surface area contributed by atoms with Crippen molar-refractivity contribution in [3.8, 4) is 0 Å². The Labute approximate surface area is 126 Å². The third-order valence-electron chi connectivity index (χ3n) is 4.48. The van der Waals surface area contributed by atoms with Crippen LogP contribution in [0.15, 0.2) is 0 Å². The molecule has 6 nitrogen and oxygen atoms in total. The van der Waals surface area contributed by atoms with Crippen LogP contribution < -0.4 is 0 Å². The van der Waals surface area contributed by atoms with Crippen LogP contribution in [0.2, 0.25) is 0 Å². The summed E-state index contributed by atoms with van der Waals surface area (Å²) in [4.78, 5) is 28.2. The van der Waals surface area contributed by atoms with Crippen molar-refractivity contribution in [1.29, 1.82) is 0 Å². The zero-order valence-corrected chi connectivity index (χ0v) is 12.8. The van der Waals surface area contributed by atoms with Crippen LogP contribution in [0.1, 0.15) is 32.1 Å². The first-order chi connectivity index (χ1) is 10.2. The molecule has 2 fully saturated rings. The van der Waals surface area contributed by atoms with E-state index in [-0.39, 0.29) is 24.3 Å². The van der Waals surface area contributed by atoms with Crippen LogP contribution in [0.3, 0.4) is 0 Å². The van der Waals surface area contributed by atoms with E-state index < -0.39 is 0 Å². The van der Waals surface area contributed by atoms with E-state index in [1.165, 1.54) is 0 Å². The number of nitrogens with zero attached hydrogens (tertiary/aromatic N) is 2. The molecular formula is C15H26N2O4. The summed E-state index contributed by atoms with van der Waals surface area (Å²) in [5.74, 6) is -0.101. The zero-order valence-electron chi connectivity index (χ0n) is 12.8. The first-order valence-electron chi connectivity index (χ1n) is 7.85. The summed E-state index contributed by atoms with van der Waals surface area (Å²) in [6.45, 7) is 2.26. The van der Waals surface area contributed by atoms with Gasteiger partial charge in [0.25, 0.3) is 0 Å². The van der Waals surface area contributed by atoms with E-state index in [4.69, 9.17) is 9.84 Å². The van der Waals surface area contributed by atoms with Crippen molar-refractivity contribution in [1.82, 2.24) is 9.80 Å². The summed E-state index contributed by atoms with van der Waals surface area (Å²) in [5.41, 5.74) is 0. The van der Waals surface area contributed by atoms with E-state index in [1.54, 1.807) is 12.0 Å². The normalized spacial score (nSPS) is 22.5. The molecule has 21 heavy (non-hydrogen) atoms. The fraction of sp³-hybridized carbons (Fsp3) is 0.867. The third kappa shape index (κ3) is 3.95. The number of hydrogen-bond acceptors (Lipinski definition) is 4. The number of carbonyl (C=O) groups is 2. The number of ether oxygens (including phenoxy) is 1. The zero-order chi connectivity index (χ0) is 15.2. The Morgan fingerprint density at radius 1 is 1.48 bits per heavy atom. The van der Waals surface area contributed by atoms with Gasteiger partial charge in [0.2, 0.25) is 11.8 Å². The molecule has 0 aromatic carbocycles. The lowest BCUT2D eigenvalue weighted by Gasteiger charge is -2.39. The summed E-state index contributed by atoms with van der Waals surface area (Å²) in [5, 5.41) is 9.00. The van der Waals surface area contributed by atoms with Gasteiger partial charge in [0.05, 0.1) is 12.5 Å². The highest BCUT2D eigenvalue weighted by atomic mass is 16.5. The van der Waals surface area contributed by atoms with E-state index in [0.717, 1.165) is 19.3 Å². The van der Waals surface area contributed by atoms with Gasteiger partial charge in [-0.3, -0.25) is 9.59 Å². The summed E-state index contributed by atoms with van der Waals surface area (Å²) < 4.78 is 5.00. The molecule has 0 radical (unpaired) electrons. The van der Waals surface area contributed by atoms with Gasteiger partial charge < -0.3 is 19.6 Å². The van der Waals surface area contributed by atoms with Gasteiger partial charge >= 0.3 is 0 Å². The second-order valence-corrected chi connectivity index (χ2v) is 5.93. The number of aliphatic hydroxyl groups excluding tert-OH is 1. The number of aliphatic hydroxyl groups is 1. The van der Waals surface area contributed by atoms with Crippen LogP contribution in [0.25, 0.3) is 0 Å². The predicted molar refractivity (Wildman–Crippen MR) is 77.6 cm³/mol. The van der Waals surface area contributed by atoms with Crippen LogP contribution in [-0.4, -0.2) is 72.7 Å². The van der Waals surface area contributed by atoms with Crippen LogP contribution in [0.4, 0.5) is 0 Å². The van der Waals surface area contributed by atoms with Crippen molar-refractivity contribution in [2.45, 2.75) is 38.1 Å². The Balaban J connectivity index is 1.92. The maximum atomic E-state index is 12.7. The largest absolute Gasteiger partial charge is 0.396 e. The summed E-state index contributed by atoms with van der Waals surface area (Å²) in [6.07, 6.45) is 4.18. The van der Waals surface area contributed by atoms with Crippen LogP contribution >= 0.6 is 0 Å². The molecule has 0 bridgehead atoms. The Kier molecular flexibility index (Phi) is 5.99. The molecule has 1 saturated carbocycles. The molecular weight excluding hydrogens is 272 g/mol. The van der Waals surface area contributed by atoms with E-state index in [2.05, 4.69) is 0 Å². The predicted octanol–water partition coefficient (Wildman–Crippen LogP) is 0.245. The van der Waals surface area contributed by atoms with Crippen molar-refractivity contribution in [3.63, 3.8) is 0 Å². The first kappa shape index (κ1) is 16.2. The van der Waals surface area contributed by atoms with Crippen LogP contribution in [-0.2, 0) is 14.3 Å². The molecule has 0 aromatic heterocycles. The fourth-order valence-electron chi connectivity index (χ4n) is 3.00. The van der Waals surface area contributed by atoms with Crippen LogP contribution in [0.5, 0.6) is 0 Å². The van der Waals surface area contributed by atoms with Crippen molar-refractivity contribution in [2.75, 3.05) is 40.0 Å². The molecule has 0 spiro atoms. The minimum absolute atomic E-state index is 0.0427. The second-order valence-electron chi connectivity index (χ2n) is 5.93. The minimum atomic E-state index is -0.228. The highest BCUT2D eigenvalue weighted by Gasteiger charge is 2.39. The van der Waals surface area contributed by atoms with Gasteiger partial charge in [-0.05, 0) is 25.7 Å². The average Bonchev–Trinajstić information content (AvgIpc) is 2.79. The van der Waals surface area contributed by atoms with Gasteiger partial charge in [-0.25, -0.2) is 0 Å². The molecule has 2 aliphatic rings. The molecule has 1 aliphatic heterocycles. The highest BCUT2D eigenvalue weighted by molar-refractivity contribution is 5.89. The molecule has 6 heteroatoms. The summed E-state index contributed by atoms with van der Waals surface area (Å²) in [6, 6.07) is 0.312. The number of methoxy groups -OCH3 is 1. The lowest BCUT2D eigenvalue weighted by molar-refractivity contribution is -0.140. The van der Waals surface area contributed by atoms with Gasteiger partial charge in [-0.1, -0.05) is 0 Å². The number of likely N-dealkylation sites (tertiary alicyclic amines) is 1. The fourth-order valence-corrected chi connectivity index (χ4v) is 3.00. The molecule has 1 saturated heterocycles. The quantitative estimate of drug-likeness (QED) is 0.697. The van der Waals surface area contributed by atoms with E-state index in [0.29, 0.717) is 45.1 Å². The molecule has 1 atom stereocenters. The minimum Gasteiger partial charge on any atom is -0.396 e. The van der Waals surface area contributed by atoms with E-state index >= 15 is 0 Å². The Morgan fingerprint density at radius 2 is 2.24 bits per heavy atom. The number of carbonyl (C=O) groups excluding carboxylic acids is 2. The van der Waals surface area contributed by atoms with Crippen molar-refractivity contribution < 1.29 is 19.4 Å². The van der Waals surface area contributed by atoms with E-state index in [9.17, 15) is 9.59 Å². The third-order valence-corrected chi connectivity index (χ3v) is 4.48. The maximum absolute atomic E-state index is 12.7. The SMILES string of the molecule is COCCN1CC(C(=O)N(CCCO)C2CCC2)CC1=O. The standard InChI is InChI=1S/C15H26N2O4/c1-21-9-7-16-11-12(10-14(16)19)15(20)17(6-3-8-18)13-4-2-5-13/h12-13,18H,2-11H2,1H3. The van der Waals surface area contributed by atoms with Gasteiger partial charge in [-0.2, -0.15) is 0 Å². The van der Waals surface area contributed by atoms with Crippen molar-refractivity contribution in [2.24, 2.45) is 5.92 Å². The van der Waals surface area contributed by atoms with Crippen molar-refractivity contribution in [3.05, 3.63) is 0 Å². The van der Waals surface area contributed by atoms with Crippen molar-refractivity contribution >= 4 is 11.8 Å². The lowest BCUT2D eigenvalue weighted by Crippen LogP contribution is -2.48. The molecule has 1 N–H and O–H groups in total. The maximum Gasteiger partial charge on any atom is 0.228 e. The summed E-state index contributed by atoms with van der Waals surface area (Å²) >= 11 is 0. The molecule has 1 heterocycles. The summed E-state index contributed by atoms with van der Waals surface area (Å²) in [7, 11) is 1.61. The molecule has 2 amide bonds. The van der Waals surface area contributed by atoms with E-state index in [1.807, 2.05) is 4.90 Å². The second kappa shape index (κ2) is 7.75. The molecule has 120 valence electrons. The Hall–Kier alpha value is -1.14. The molecule has 1 aliphatic carbocycles. The molecule has 1 unspecified atom stereocenters. The van der Waals surface area contributed by atoms with Gasteiger partial charge in [0.15, 0.2) is 0 Å². The topological polar surface area (TPSA) is 70.1 Å². The number of hydrogen-bond donors (Lipinski definition) is 1. The molecule has 2 rings (SSSR count). The first-order valence-corrected chi connectivity index (χ1v) is 7.85. The van der Waals surface area contributed by atoms with Gasteiger partial charge in [0, 0.05) is 45.8 Å². The smallest absolute Gasteiger partial charge is 0.228 e. The number of amides is 2. The highest BCUT2D eigenvalue weighted by Crippen LogP contribution is 2.28. The monoisotopic (exact) mass is 298 g/mol. The Morgan fingerprint density at radius 3 is 2.81 bits per heavy atom. The number of rotatable bonds is 8. The van der Waals surface area contributed by atoms with Gasteiger partial charge in [-0.15, -0.1) is 0 Å². The van der Waals surface area contributed by atoms with Gasteiger partial charge in [0.1, 0.15) is 0 Å². The van der Waals surface area contributed by atoms with Crippen LogP contribution in [0, 0.1) is 5.92 Å². The Bertz CT molecular complexity index is 371.